The summed E-state index contributed by atoms with van der Waals surface area (Å²) in [5.41, 5.74) is -7.66. The van der Waals surface area contributed by atoms with Crippen molar-refractivity contribution < 1.29 is 58.6 Å². The third-order valence-electron chi connectivity index (χ3n) is 5.84. The van der Waals surface area contributed by atoms with Gasteiger partial charge in [0.25, 0.3) is 9.84 Å². The Balaban J connectivity index is 2.16. The molecule has 3 rings (SSSR count). The highest BCUT2D eigenvalue weighted by molar-refractivity contribution is 7.92. The van der Waals surface area contributed by atoms with E-state index in [1.54, 1.807) is 0 Å². The Labute approximate surface area is 205 Å². The summed E-state index contributed by atoms with van der Waals surface area (Å²) in [5.74, 6) is -3.92. The first-order valence-electron chi connectivity index (χ1n) is 10.2. The third-order valence-corrected chi connectivity index (χ3v) is 7.34. The molecule has 3 amide bonds. The number of aromatic nitrogens is 1. The van der Waals surface area contributed by atoms with Gasteiger partial charge in [-0.05, 0) is 47.5 Å². The molecule has 0 bridgehead atoms. The Morgan fingerprint density at radius 3 is 2.11 bits per heavy atom. The number of imide groups is 1. The number of alkyl halides is 6. The zero-order valence-corrected chi connectivity index (χ0v) is 20.0. The van der Waals surface area contributed by atoms with Crippen LogP contribution in [0.2, 0.25) is 0 Å². The van der Waals surface area contributed by atoms with Gasteiger partial charge >= 0.3 is 29.6 Å². The van der Waals surface area contributed by atoms with Crippen molar-refractivity contribution >= 4 is 33.4 Å². The van der Waals surface area contributed by atoms with E-state index in [0.29, 0.717) is 34.7 Å². The molecule has 1 aliphatic rings. The molecular weight excluding hydrogens is 536 g/mol. The number of benzene rings is 1. The summed E-state index contributed by atoms with van der Waals surface area (Å²) < 4.78 is 99.6. The third kappa shape index (κ3) is 4.54. The van der Waals surface area contributed by atoms with Crippen LogP contribution in [0.5, 0.6) is 0 Å². The molecule has 16 heteroatoms. The van der Waals surface area contributed by atoms with Crippen molar-refractivity contribution in [1.29, 1.82) is 0 Å². The number of carbonyl (C=O) groups is 3. The number of amides is 3. The van der Waals surface area contributed by atoms with Crippen molar-refractivity contribution in [1.82, 2.24) is 4.98 Å². The number of carbonyl (C=O) groups excluding carboxylic acids is 3. The standard InChI is InChI=1S/C21H18F6N3O6S/c1-12-10-28-9-8-13(12)11-30(36-17(32)20(22,23)24)18(33)29(16(31)19(30,2)3)14-4-6-15(7-5-14)37(34,35)21(25,26)27/h4-10H,11H2,1-3H3/q+1. The molecule has 0 spiro atoms. The predicted octanol–water partition coefficient (Wildman–Crippen LogP) is 3.97. The summed E-state index contributed by atoms with van der Waals surface area (Å²) in [5, 5.41) is 0. The van der Waals surface area contributed by atoms with Crippen LogP contribution in [0.3, 0.4) is 0 Å². The van der Waals surface area contributed by atoms with Gasteiger partial charge in [0.15, 0.2) is 6.54 Å². The van der Waals surface area contributed by atoms with Gasteiger partial charge in [-0.25, -0.2) is 18.0 Å². The van der Waals surface area contributed by atoms with Gasteiger partial charge < -0.3 is 0 Å². The van der Waals surface area contributed by atoms with E-state index < -0.39 is 66.7 Å². The maximum atomic E-state index is 13.6. The summed E-state index contributed by atoms with van der Waals surface area (Å²) in [7, 11) is -5.76. The molecule has 2 heterocycles. The largest absolute Gasteiger partial charge is 0.501 e. The smallest absolute Gasteiger partial charge is 0.266 e. The van der Waals surface area contributed by atoms with Gasteiger partial charge in [-0.15, -0.1) is 0 Å². The van der Waals surface area contributed by atoms with Crippen LogP contribution in [0.4, 0.5) is 36.8 Å². The molecule has 1 unspecified atom stereocenters. The summed E-state index contributed by atoms with van der Waals surface area (Å²) in [6.45, 7) is 2.88. The highest BCUT2D eigenvalue weighted by Gasteiger charge is 2.72. The fourth-order valence-electron chi connectivity index (χ4n) is 3.61. The maximum absolute atomic E-state index is 13.6. The number of aryl methyl sites for hydroxylation is 1. The molecule has 1 atom stereocenters. The minimum absolute atomic E-state index is 0.202. The number of urea groups is 1. The Hall–Kier alpha value is -3.53. The number of halogens is 6. The first-order chi connectivity index (χ1) is 16.8. The lowest BCUT2D eigenvalue weighted by Gasteiger charge is -2.35. The van der Waals surface area contributed by atoms with Crippen molar-refractivity contribution in [3.05, 3.63) is 53.9 Å². The summed E-state index contributed by atoms with van der Waals surface area (Å²) in [4.78, 5) is 46.5. The van der Waals surface area contributed by atoms with E-state index in [9.17, 15) is 49.1 Å². The van der Waals surface area contributed by atoms with Crippen LogP contribution in [0.25, 0.3) is 0 Å². The highest BCUT2D eigenvalue weighted by Crippen LogP contribution is 2.43. The minimum atomic E-state index is -5.76. The fourth-order valence-corrected chi connectivity index (χ4v) is 4.38. The van der Waals surface area contributed by atoms with Crippen LogP contribution in [-0.2, 0) is 30.8 Å². The Bertz CT molecular complexity index is 1370. The van der Waals surface area contributed by atoms with E-state index in [4.69, 9.17) is 4.84 Å². The molecule has 37 heavy (non-hydrogen) atoms. The number of sulfone groups is 1. The van der Waals surface area contributed by atoms with E-state index in [1.165, 1.54) is 25.4 Å². The van der Waals surface area contributed by atoms with E-state index >= 15 is 0 Å². The first-order valence-corrected chi connectivity index (χ1v) is 11.6. The lowest BCUT2D eigenvalue weighted by Crippen LogP contribution is -2.62. The van der Waals surface area contributed by atoms with Crippen LogP contribution in [-0.4, -0.2) is 53.2 Å². The van der Waals surface area contributed by atoms with Crippen molar-refractivity contribution in [3.8, 4) is 0 Å². The molecule has 0 radical (unpaired) electrons. The number of hydrogen-bond donors (Lipinski definition) is 0. The molecule has 1 aromatic carbocycles. The van der Waals surface area contributed by atoms with Gasteiger partial charge in [-0.3, -0.25) is 14.6 Å². The molecule has 1 aliphatic heterocycles. The molecule has 1 fully saturated rings. The lowest BCUT2D eigenvalue weighted by molar-refractivity contribution is -1.06. The maximum Gasteiger partial charge on any atom is 0.501 e. The summed E-state index contributed by atoms with van der Waals surface area (Å²) in [6, 6.07) is 2.24. The zero-order chi connectivity index (χ0) is 28.2. The van der Waals surface area contributed by atoms with E-state index in [2.05, 4.69) is 4.98 Å². The number of nitrogens with zero attached hydrogens (tertiary/aromatic N) is 3. The van der Waals surface area contributed by atoms with E-state index in [-0.39, 0.29) is 5.56 Å². The molecule has 1 saturated heterocycles. The molecule has 0 aliphatic carbocycles. The van der Waals surface area contributed by atoms with Gasteiger partial charge in [-0.1, -0.05) is 0 Å². The van der Waals surface area contributed by atoms with Crippen molar-refractivity contribution in [2.75, 3.05) is 4.90 Å². The van der Waals surface area contributed by atoms with Crippen molar-refractivity contribution in [2.45, 2.75) is 49.4 Å². The van der Waals surface area contributed by atoms with Gasteiger partial charge in [0.05, 0.1) is 10.6 Å². The zero-order valence-electron chi connectivity index (χ0n) is 19.2. The van der Waals surface area contributed by atoms with Crippen LogP contribution in [0.15, 0.2) is 47.6 Å². The summed E-state index contributed by atoms with van der Waals surface area (Å²) >= 11 is 0. The highest BCUT2D eigenvalue weighted by atomic mass is 32.2. The SMILES string of the molecule is Cc1cnccc1C[N+]1(OC(=O)C(F)(F)F)C(=O)N(c2ccc(S(=O)(=O)C(F)(F)F)cc2)C(=O)C1(C)C. The minimum Gasteiger partial charge on any atom is -0.266 e. The Kier molecular flexibility index (Phi) is 6.67. The van der Waals surface area contributed by atoms with Crippen LogP contribution in [0.1, 0.15) is 25.0 Å². The van der Waals surface area contributed by atoms with Crippen LogP contribution in [0, 0.1) is 6.92 Å². The summed E-state index contributed by atoms with van der Waals surface area (Å²) in [6.07, 6.45) is -2.96. The quantitative estimate of drug-likeness (QED) is 0.313. The number of rotatable bonds is 5. The molecule has 0 N–H and O–H groups in total. The molecule has 9 nitrogen and oxygen atoms in total. The van der Waals surface area contributed by atoms with Gasteiger partial charge in [0.1, 0.15) is 0 Å². The average molecular weight is 554 g/mol. The normalized spacial score (nSPS) is 20.3. The second-order valence-corrected chi connectivity index (χ2v) is 10.4. The number of quaternary nitrogens is 1. The number of anilines is 1. The van der Waals surface area contributed by atoms with Crippen molar-refractivity contribution in [3.63, 3.8) is 0 Å². The van der Waals surface area contributed by atoms with E-state index in [0.717, 1.165) is 13.8 Å². The number of pyridine rings is 1. The number of hydrogen-bond acceptors (Lipinski definition) is 7. The second-order valence-electron chi connectivity index (χ2n) is 8.50. The predicted molar refractivity (Wildman–Crippen MR) is 112 cm³/mol. The lowest BCUT2D eigenvalue weighted by atomic mass is 10.0. The van der Waals surface area contributed by atoms with Crippen LogP contribution >= 0.6 is 0 Å². The van der Waals surface area contributed by atoms with Crippen molar-refractivity contribution in [2.24, 2.45) is 0 Å². The monoisotopic (exact) mass is 554 g/mol. The number of hydroxylamine groups is 3. The fraction of sp³-hybridized carbons (Fsp3) is 0.333. The van der Waals surface area contributed by atoms with Gasteiger partial charge in [0.2, 0.25) is 5.54 Å². The molecule has 0 saturated carbocycles. The molecule has 200 valence electrons. The first kappa shape index (κ1) is 28.0. The Morgan fingerprint density at radius 1 is 1.05 bits per heavy atom. The second kappa shape index (κ2) is 8.79. The van der Waals surface area contributed by atoms with E-state index in [1.807, 2.05) is 0 Å². The molecule has 2 aromatic rings. The average Bonchev–Trinajstić information content (AvgIpc) is 2.91. The van der Waals surface area contributed by atoms with Gasteiger partial charge in [0, 0.05) is 31.8 Å². The molecule has 1 aromatic heterocycles. The van der Waals surface area contributed by atoms with Crippen LogP contribution < -0.4 is 4.90 Å². The Morgan fingerprint density at radius 2 is 1.62 bits per heavy atom. The van der Waals surface area contributed by atoms with Gasteiger partial charge in [-0.2, -0.15) is 31.2 Å². The molecular formula is C21H18F6N3O6S+. The topological polar surface area (TPSA) is 111 Å².